The Morgan fingerprint density at radius 2 is 1.05 bits per heavy atom. The molecule has 0 bridgehead atoms. The van der Waals surface area contributed by atoms with Gasteiger partial charge < -0.3 is 15.5 Å². The topological polar surface area (TPSA) is 124 Å². The number of carbonyl (C=O) groups excluding carboxylic acids is 1. The molecule has 0 aromatic carbocycles. The van der Waals surface area contributed by atoms with E-state index in [1.807, 2.05) is 0 Å². The number of allylic oxidation sites excluding steroid dienone is 1. The van der Waals surface area contributed by atoms with E-state index in [2.05, 4.69) is 19.2 Å². The van der Waals surface area contributed by atoms with E-state index in [0.29, 0.717) is 6.42 Å². The van der Waals surface area contributed by atoms with Crippen molar-refractivity contribution in [2.24, 2.45) is 0 Å². The van der Waals surface area contributed by atoms with Crippen molar-refractivity contribution in [2.75, 3.05) is 5.75 Å². The van der Waals surface area contributed by atoms with Crippen LogP contribution >= 0.6 is 0 Å². The van der Waals surface area contributed by atoms with E-state index in [1.165, 1.54) is 109 Å². The molecule has 0 rings (SSSR count). The van der Waals surface area contributed by atoms with Crippen molar-refractivity contribution >= 4 is 16.0 Å². The summed E-state index contributed by atoms with van der Waals surface area (Å²) < 4.78 is 32.3. The van der Waals surface area contributed by atoms with Crippen molar-refractivity contribution in [3.63, 3.8) is 0 Å². The van der Waals surface area contributed by atoms with Gasteiger partial charge in [-0.05, 0) is 19.3 Å². The van der Waals surface area contributed by atoms with E-state index in [9.17, 15) is 28.0 Å². The summed E-state index contributed by atoms with van der Waals surface area (Å²) in [7, 11) is -4.43. The molecule has 0 heterocycles. The number of aliphatic hydroxyl groups excluding tert-OH is 2. The zero-order chi connectivity index (χ0) is 30.6. The molecule has 0 spiro atoms. The molecule has 0 saturated carbocycles. The number of hydrogen-bond donors (Lipinski definition) is 4. The quantitative estimate of drug-likeness (QED) is 0.0374. The second-order valence-corrected chi connectivity index (χ2v) is 13.4. The predicted octanol–water partition coefficient (Wildman–Crippen LogP) is 8.04. The fourth-order valence-corrected chi connectivity index (χ4v) is 5.89. The molecule has 0 aliphatic rings. The van der Waals surface area contributed by atoms with Crippen molar-refractivity contribution in [1.29, 1.82) is 0 Å². The summed E-state index contributed by atoms with van der Waals surface area (Å²) in [5, 5.41) is 23.2. The van der Waals surface area contributed by atoms with Gasteiger partial charge in [-0.15, -0.1) is 0 Å². The summed E-state index contributed by atoms with van der Waals surface area (Å²) in [6, 6.07) is -1.22. The van der Waals surface area contributed by atoms with Crippen LogP contribution in [0.5, 0.6) is 0 Å². The number of unbranched alkanes of at least 4 members (excludes halogenated alkanes) is 21. The third-order valence-corrected chi connectivity index (χ3v) is 8.60. The van der Waals surface area contributed by atoms with Crippen LogP contribution in [0, 0.1) is 0 Å². The molecule has 0 aromatic rings. The van der Waals surface area contributed by atoms with Crippen molar-refractivity contribution in [1.82, 2.24) is 5.32 Å². The minimum absolute atomic E-state index is 0.284. The SMILES string of the molecule is CCCCCCCCCCCCCC/C=C/C(O)C(CS(=O)(=O)O)NC(=O)C(O)CCCCCCCCCCCC. The molecule has 1 amide bonds. The first-order chi connectivity index (χ1) is 19.7. The van der Waals surface area contributed by atoms with E-state index in [1.54, 1.807) is 6.08 Å². The summed E-state index contributed by atoms with van der Waals surface area (Å²) in [6.45, 7) is 4.45. The highest BCUT2D eigenvalue weighted by Crippen LogP contribution is 2.14. The minimum atomic E-state index is -4.43. The van der Waals surface area contributed by atoms with Gasteiger partial charge in [0.05, 0.1) is 17.9 Å². The van der Waals surface area contributed by atoms with Crippen molar-refractivity contribution in [3.05, 3.63) is 12.2 Å². The lowest BCUT2D eigenvalue weighted by molar-refractivity contribution is -0.130. The van der Waals surface area contributed by atoms with E-state index < -0.39 is 40.0 Å². The first-order valence-corrected chi connectivity index (χ1v) is 18.6. The maximum absolute atomic E-state index is 12.5. The Labute approximate surface area is 253 Å². The molecule has 3 atom stereocenters. The normalized spacial score (nSPS) is 14.4. The molecule has 41 heavy (non-hydrogen) atoms. The molecule has 0 saturated heterocycles. The van der Waals surface area contributed by atoms with Crippen LogP contribution in [0.4, 0.5) is 0 Å². The van der Waals surface area contributed by atoms with Crippen molar-refractivity contribution in [2.45, 2.75) is 186 Å². The molecule has 0 aliphatic carbocycles. The third kappa shape index (κ3) is 27.6. The van der Waals surface area contributed by atoms with Gasteiger partial charge in [0, 0.05) is 0 Å². The Morgan fingerprint density at radius 3 is 1.46 bits per heavy atom. The second kappa shape index (κ2) is 27.8. The van der Waals surface area contributed by atoms with Crippen molar-refractivity contribution < 1.29 is 28.0 Å². The lowest BCUT2D eigenvalue weighted by Crippen LogP contribution is -2.50. The largest absolute Gasteiger partial charge is 0.387 e. The average Bonchev–Trinajstić information content (AvgIpc) is 2.92. The summed E-state index contributed by atoms with van der Waals surface area (Å²) in [5.74, 6) is -1.53. The Hall–Kier alpha value is -0.960. The number of amides is 1. The fourth-order valence-electron chi connectivity index (χ4n) is 5.16. The van der Waals surface area contributed by atoms with E-state index in [4.69, 9.17) is 0 Å². The molecule has 4 N–H and O–H groups in total. The predicted molar refractivity (Wildman–Crippen MR) is 172 cm³/mol. The van der Waals surface area contributed by atoms with Crippen LogP contribution in [-0.4, -0.2) is 53.1 Å². The Balaban J connectivity index is 4.17. The molecule has 0 aromatic heterocycles. The summed E-state index contributed by atoms with van der Waals surface area (Å²) in [4.78, 5) is 12.5. The Kier molecular flexibility index (Phi) is 27.2. The Bertz CT molecular complexity index is 727. The van der Waals surface area contributed by atoms with Gasteiger partial charge in [-0.2, -0.15) is 8.42 Å². The lowest BCUT2D eigenvalue weighted by atomic mass is 10.0. The highest BCUT2D eigenvalue weighted by molar-refractivity contribution is 7.85. The molecule has 8 heteroatoms. The van der Waals surface area contributed by atoms with Gasteiger partial charge in [-0.25, -0.2) is 0 Å². The van der Waals surface area contributed by atoms with Gasteiger partial charge >= 0.3 is 0 Å². The number of hydrogen-bond acceptors (Lipinski definition) is 5. The number of carbonyl (C=O) groups is 1. The highest BCUT2D eigenvalue weighted by atomic mass is 32.2. The number of nitrogens with one attached hydrogen (secondary N) is 1. The molecule has 244 valence electrons. The fraction of sp³-hybridized carbons (Fsp3) is 0.909. The smallest absolute Gasteiger partial charge is 0.267 e. The zero-order valence-corrected chi connectivity index (χ0v) is 27.4. The van der Waals surface area contributed by atoms with Gasteiger partial charge in [-0.3, -0.25) is 9.35 Å². The molecule has 3 unspecified atom stereocenters. The monoisotopic (exact) mass is 603 g/mol. The minimum Gasteiger partial charge on any atom is -0.387 e. The third-order valence-electron chi connectivity index (χ3n) is 7.82. The Morgan fingerprint density at radius 1 is 0.659 bits per heavy atom. The van der Waals surface area contributed by atoms with E-state index in [-0.39, 0.29) is 6.42 Å². The average molecular weight is 604 g/mol. The van der Waals surface area contributed by atoms with Crippen LogP contribution in [0.15, 0.2) is 12.2 Å². The van der Waals surface area contributed by atoms with Crippen LogP contribution < -0.4 is 5.32 Å². The van der Waals surface area contributed by atoms with Crippen molar-refractivity contribution in [3.8, 4) is 0 Å². The van der Waals surface area contributed by atoms with Gasteiger partial charge in [0.25, 0.3) is 10.1 Å². The maximum atomic E-state index is 12.5. The van der Waals surface area contributed by atoms with Gasteiger partial charge in [0.2, 0.25) is 5.91 Å². The molecule has 0 radical (unpaired) electrons. The maximum Gasteiger partial charge on any atom is 0.267 e. The van der Waals surface area contributed by atoms with Crippen LogP contribution in [-0.2, 0) is 14.9 Å². The van der Waals surface area contributed by atoms with Crippen LogP contribution in [0.25, 0.3) is 0 Å². The van der Waals surface area contributed by atoms with Crippen LogP contribution in [0.2, 0.25) is 0 Å². The zero-order valence-electron chi connectivity index (χ0n) is 26.5. The van der Waals surface area contributed by atoms with Gasteiger partial charge in [0.15, 0.2) is 0 Å². The van der Waals surface area contributed by atoms with Crippen LogP contribution in [0.3, 0.4) is 0 Å². The molecular formula is C33H65NO6S. The molecular weight excluding hydrogens is 538 g/mol. The van der Waals surface area contributed by atoms with Gasteiger partial charge in [0.1, 0.15) is 6.10 Å². The highest BCUT2D eigenvalue weighted by Gasteiger charge is 2.27. The number of rotatable bonds is 30. The molecule has 7 nitrogen and oxygen atoms in total. The molecule has 0 aliphatic heterocycles. The lowest BCUT2D eigenvalue weighted by Gasteiger charge is -2.22. The first kappa shape index (κ1) is 40.0. The van der Waals surface area contributed by atoms with E-state index in [0.717, 1.165) is 38.5 Å². The standard InChI is InChI=1S/C33H65NO6S/c1-3-5-7-9-11-13-15-16-17-18-20-21-23-25-27-31(35)30(29-41(38,39)40)34-33(37)32(36)28-26-24-22-19-14-12-10-8-6-4-2/h25,27,30-32,35-36H,3-24,26,28-29H2,1-2H3,(H,34,37)(H,38,39,40)/b27-25+. The molecule has 0 fully saturated rings. The number of aliphatic hydroxyl groups is 2. The first-order valence-electron chi connectivity index (χ1n) is 17.0. The summed E-state index contributed by atoms with van der Waals surface area (Å²) >= 11 is 0. The van der Waals surface area contributed by atoms with Gasteiger partial charge in [-0.1, -0.05) is 161 Å². The second-order valence-electron chi connectivity index (χ2n) is 11.9. The van der Waals surface area contributed by atoms with E-state index >= 15 is 0 Å². The summed E-state index contributed by atoms with van der Waals surface area (Å²) in [5.41, 5.74) is 0. The van der Waals surface area contributed by atoms with Crippen LogP contribution in [0.1, 0.15) is 168 Å². The summed E-state index contributed by atoms with van der Waals surface area (Å²) in [6.07, 6.45) is 28.4.